The van der Waals surface area contributed by atoms with Crippen molar-refractivity contribution in [1.82, 2.24) is 10.2 Å². The summed E-state index contributed by atoms with van der Waals surface area (Å²) in [5.41, 5.74) is -0.394. The number of halogens is 2. The van der Waals surface area contributed by atoms with Crippen LogP contribution < -0.4 is 5.32 Å². The van der Waals surface area contributed by atoms with Gasteiger partial charge in [-0.3, -0.25) is 4.79 Å². The Balaban J connectivity index is 0.000000238. The van der Waals surface area contributed by atoms with Crippen molar-refractivity contribution in [2.24, 2.45) is 0 Å². The number of rotatable bonds is 1. The predicted molar refractivity (Wildman–Crippen MR) is 87.5 cm³/mol. The zero-order valence-electron chi connectivity index (χ0n) is 13.6. The number of carbonyl (C=O) groups is 2. The fraction of sp³-hybridized carbons (Fsp3) is 0.500. The minimum Gasteiger partial charge on any atom is -0.444 e. The molecule has 1 fully saturated rings. The third-order valence-electron chi connectivity index (χ3n) is 2.88. The van der Waals surface area contributed by atoms with Crippen LogP contribution in [-0.4, -0.2) is 49.1 Å². The summed E-state index contributed by atoms with van der Waals surface area (Å²) in [6.07, 6.45) is 0.232. The molecule has 23 heavy (non-hydrogen) atoms. The first-order chi connectivity index (χ1) is 10.7. The molecule has 1 N–H and O–H groups in total. The molecule has 0 spiro atoms. The molecule has 1 aliphatic rings. The maximum atomic E-state index is 12.6. The minimum atomic E-state index is -0.654. The van der Waals surface area contributed by atoms with Gasteiger partial charge in [0.25, 0.3) is 0 Å². The van der Waals surface area contributed by atoms with Gasteiger partial charge in [0.15, 0.2) is 12.1 Å². The number of hydrogen-bond donors (Lipinski definition) is 1. The summed E-state index contributed by atoms with van der Waals surface area (Å²) in [6, 6.07) is 4.28. The quantitative estimate of drug-likeness (QED) is 0.795. The lowest BCUT2D eigenvalue weighted by molar-refractivity contribution is 0.0229. The number of ether oxygens (including phenoxy) is 1. The summed E-state index contributed by atoms with van der Waals surface area (Å²) in [7, 11) is 0. The number of benzene rings is 1. The lowest BCUT2D eigenvalue weighted by Crippen LogP contribution is -2.48. The van der Waals surface area contributed by atoms with Gasteiger partial charge in [-0.1, -0.05) is 17.7 Å². The third-order valence-corrected chi connectivity index (χ3v) is 3.17. The highest BCUT2D eigenvalue weighted by molar-refractivity contribution is 6.31. The van der Waals surface area contributed by atoms with Crippen LogP contribution in [0.15, 0.2) is 18.2 Å². The van der Waals surface area contributed by atoms with Gasteiger partial charge < -0.3 is 15.0 Å². The molecule has 1 saturated heterocycles. The molecule has 1 heterocycles. The molecular formula is C16H22ClFN2O3. The Labute approximate surface area is 140 Å². The highest BCUT2D eigenvalue weighted by Crippen LogP contribution is 2.15. The lowest BCUT2D eigenvalue weighted by atomic mass is 10.2. The van der Waals surface area contributed by atoms with E-state index in [2.05, 4.69) is 5.32 Å². The maximum Gasteiger partial charge on any atom is 0.410 e. The number of carbonyl (C=O) groups excluding carboxylic acids is 2. The number of piperazine rings is 1. The van der Waals surface area contributed by atoms with E-state index in [1.807, 2.05) is 20.8 Å². The number of hydrogen-bond acceptors (Lipinski definition) is 4. The summed E-state index contributed by atoms with van der Waals surface area (Å²) in [6.45, 7) is 8.86. The summed E-state index contributed by atoms with van der Waals surface area (Å²) in [4.78, 5) is 23.3. The Bertz CT molecular complexity index is 541. The van der Waals surface area contributed by atoms with Crippen molar-refractivity contribution in [3.05, 3.63) is 34.6 Å². The molecule has 0 radical (unpaired) electrons. The zero-order chi connectivity index (χ0) is 17.5. The zero-order valence-corrected chi connectivity index (χ0v) is 14.3. The second kappa shape index (κ2) is 8.84. The highest BCUT2D eigenvalue weighted by atomic mass is 35.5. The van der Waals surface area contributed by atoms with Crippen LogP contribution in [0.25, 0.3) is 0 Å². The van der Waals surface area contributed by atoms with Crippen molar-refractivity contribution in [3.63, 3.8) is 0 Å². The van der Waals surface area contributed by atoms with Crippen molar-refractivity contribution in [3.8, 4) is 0 Å². The Morgan fingerprint density at radius 3 is 2.43 bits per heavy atom. The Kier molecular flexibility index (Phi) is 7.45. The molecule has 0 aromatic heterocycles. The Hall–Kier alpha value is -1.66. The van der Waals surface area contributed by atoms with Gasteiger partial charge >= 0.3 is 6.09 Å². The highest BCUT2D eigenvalue weighted by Gasteiger charge is 2.22. The van der Waals surface area contributed by atoms with Gasteiger partial charge in [-0.05, 0) is 32.9 Å². The van der Waals surface area contributed by atoms with Crippen molar-refractivity contribution in [2.75, 3.05) is 26.2 Å². The first kappa shape index (κ1) is 19.4. The van der Waals surface area contributed by atoms with E-state index in [1.165, 1.54) is 18.2 Å². The van der Waals surface area contributed by atoms with Crippen LogP contribution in [0.1, 0.15) is 31.1 Å². The van der Waals surface area contributed by atoms with Crippen LogP contribution >= 0.6 is 11.6 Å². The van der Waals surface area contributed by atoms with E-state index in [0.717, 1.165) is 26.2 Å². The van der Waals surface area contributed by atoms with Crippen LogP contribution in [-0.2, 0) is 4.74 Å². The fourth-order valence-corrected chi connectivity index (χ4v) is 1.97. The lowest BCUT2D eigenvalue weighted by Gasteiger charge is -2.30. The average Bonchev–Trinajstić information content (AvgIpc) is 2.50. The van der Waals surface area contributed by atoms with Gasteiger partial charge in [0, 0.05) is 26.2 Å². The van der Waals surface area contributed by atoms with E-state index >= 15 is 0 Å². The second-order valence-corrected chi connectivity index (χ2v) is 6.39. The maximum absolute atomic E-state index is 12.6. The molecule has 1 aromatic rings. The van der Waals surface area contributed by atoms with E-state index in [-0.39, 0.29) is 22.3 Å². The van der Waals surface area contributed by atoms with Crippen LogP contribution in [0.3, 0.4) is 0 Å². The standard InChI is InChI=1S/C9H18N2O2.C7H4ClFO/c1-9(2,3)13-8(12)11-6-4-10-5-7-11;8-6-3-1-2-5(4-10)7(6)9/h10H,4-7H2,1-3H3;1-4H. The first-order valence-electron chi connectivity index (χ1n) is 7.32. The van der Waals surface area contributed by atoms with Crippen LogP contribution in [0, 0.1) is 5.82 Å². The van der Waals surface area contributed by atoms with Crippen molar-refractivity contribution < 1.29 is 18.7 Å². The summed E-state index contributed by atoms with van der Waals surface area (Å²) in [5.74, 6) is -0.654. The molecule has 5 nitrogen and oxygen atoms in total. The molecule has 0 unspecified atom stereocenters. The topological polar surface area (TPSA) is 58.6 Å². The number of aldehydes is 1. The van der Waals surface area contributed by atoms with Gasteiger partial charge in [-0.15, -0.1) is 0 Å². The van der Waals surface area contributed by atoms with Gasteiger partial charge in [0.2, 0.25) is 0 Å². The third kappa shape index (κ3) is 6.97. The average molecular weight is 345 g/mol. The van der Waals surface area contributed by atoms with Crippen LogP contribution in [0.5, 0.6) is 0 Å². The monoisotopic (exact) mass is 344 g/mol. The van der Waals surface area contributed by atoms with Crippen molar-refractivity contribution >= 4 is 24.0 Å². The largest absolute Gasteiger partial charge is 0.444 e. The van der Waals surface area contributed by atoms with E-state index in [9.17, 15) is 14.0 Å². The smallest absolute Gasteiger partial charge is 0.410 e. The van der Waals surface area contributed by atoms with Gasteiger partial charge in [-0.2, -0.15) is 0 Å². The summed E-state index contributed by atoms with van der Waals surface area (Å²) < 4.78 is 17.9. The summed E-state index contributed by atoms with van der Waals surface area (Å²) in [5, 5.41) is 3.16. The molecule has 0 saturated carbocycles. The van der Waals surface area contributed by atoms with E-state index in [0.29, 0.717) is 6.29 Å². The van der Waals surface area contributed by atoms with Gasteiger partial charge in [0.1, 0.15) is 5.60 Å². The normalized spacial score (nSPS) is 14.6. The fourth-order valence-electron chi connectivity index (χ4n) is 1.79. The van der Waals surface area contributed by atoms with Crippen molar-refractivity contribution in [1.29, 1.82) is 0 Å². The van der Waals surface area contributed by atoms with E-state index in [1.54, 1.807) is 4.90 Å². The molecule has 0 aliphatic carbocycles. The number of nitrogens with one attached hydrogen (secondary N) is 1. The summed E-state index contributed by atoms with van der Waals surface area (Å²) >= 11 is 5.36. The van der Waals surface area contributed by atoms with Crippen LogP contribution in [0.4, 0.5) is 9.18 Å². The molecule has 2 rings (SSSR count). The Morgan fingerprint density at radius 2 is 1.96 bits per heavy atom. The number of nitrogens with zero attached hydrogens (tertiary/aromatic N) is 1. The second-order valence-electron chi connectivity index (χ2n) is 5.98. The molecule has 128 valence electrons. The Morgan fingerprint density at radius 1 is 1.35 bits per heavy atom. The number of amides is 1. The van der Waals surface area contributed by atoms with Crippen LogP contribution in [0.2, 0.25) is 5.02 Å². The minimum absolute atomic E-state index is 0.00694. The van der Waals surface area contributed by atoms with Gasteiger partial charge in [-0.25, -0.2) is 9.18 Å². The SMILES string of the molecule is CC(C)(C)OC(=O)N1CCNCC1.O=Cc1cccc(Cl)c1F. The molecule has 1 aliphatic heterocycles. The first-order valence-corrected chi connectivity index (χ1v) is 7.70. The van der Waals surface area contributed by atoms with E-state index < -0.39 is 5.82 Å². The van der Waals surface area contributed by atoms with E-state index in [4.69, 9.17) is 16.3 Å². The molecule has 0 atom stereocenters. The molecule has 7 heteroatoms. The predicted octanol–water partition coefficient (Wildman–Crippen LogP) is 3.12. The van der Waals surface area contributed by atoms with Crippen molar-refractivity contribution in [2.45, 2.75) is 26.4 Å². The molecule has 0 bridgehead atoms. The van der Waals surface area contributed by atoms with Gasteiger partial charge in [0.05, 0.1) is 10.6 Å². The molecule has 1 amide bonds. The molecular weight excluding hydrogens is 323 g/mol. The molecule has 1 aromatic carbocycles.